The van der Waals surface area contributed by atoms with E-state index in [1.165, 1.54) is 36.8 Å². The Balaban J connectivity index is 1.70. The summed E-state index contributed by atoms with van der Waals surface area (Å²) in [6.07, 6.45) is 6.73. The van der Waals surface area contributed by atoms with Gasteiger partial charge in [0.25, 0.3) is 0 Å². The van der Waals surface area contributed by atoms with E-state index >= 15 is 0 Å². The molecule has 4 heteroatoms. The lowest BCUT2D eigenvalue weighted by Gasteiger charge is -2.13. The third kappa shape index (κ3) is 2.85. The summed E-state index contributed by atoms with van der Waals surface area (Å²) in [7, 11) is 0. The monoisotopic (exact) mass is 323 g/mol. The molecule has 2 N–H and O–H groups in total. The van der Waals surface area contributed by atoms with E-state index in [9.17, 15) is 4.79 Å². The second-order valence-corrected chi connectivity index (χ2v) is 7.42. The van der Waals surface area contributed by atoms with Gasteiger partial charge in [-0.1, -0.05) is 36.6 Å². The Hall–Kier alpha value is -2.10. The van der Waals surface area contributed by atoms with Gasteiger partial charge in [-0.25, -0.2) is 0 Å². The average Bonchev–Trinajstić information content (AvgIpc) is 3.09. The fraction of sp³-hybridized carbons (Fsp3) is 0.500. The first-order chi connectivity index (χ1) is 11.6. The lowest BCUT2D eigenvalue weighted by Crippen LogP contribution is -2.21. The number of hydrogen-bond donors (Lipinski definition) is 2. The largest absolute Gasteiger partial charge is 0.322 e. The maximum absolute atomic E-state index is 12.7. The fourth-order valence-electron chi connectivity index (χ4n) is 3.84. The van der Waals surface area contributed by atoms with Gasteiger partial charge in [0.05, 0.1) is 11.4 Å². The SMILES string of the molecule is Cc1ccc(-c2n[nH]c(C3CC3)c2NC(=O)C2CCCC2)c(C)c1. The first kappa shape index (κ1) is 15.4. The maximum Gasteiger partial charge on any atom is 0.227 e. The first-order valence-electron chi connectivity index (χ1n) is 9.10. The summed E-state index contributed by atoms with van der Waals surface area (Å²) in [4.78, 5) is 12.7. The van der Waals surface area contributed by atoms with Gasteiger partial charge >= 0.3 is 0 Å². The van der Waals surface area contributed by atoms with Crippen LogP contribution in [0.25, 0.3) is 11.3 Å². The number of hydrogen-bond acceptors (Lipinski definition) is 2. The summed E-state index contributed by atoms with van der Waals surface area (Å²) >= 11 is 0. The van der Waals surface area contributed by atoms with Crippen LogP contribution in [0, 0.1) is 19.8 Å². The number of amides is 1. The molecule has 1 amide bonds. The Morgan fingerprint density at radius 3 is 2.58 bits per heavy atom. The van der Waals surface area contributed by atoms with Crippen molar-refractivity contribution in [3.05, 3.63) is 35.0 Å². The third-order valence-electron chi connectivity index (χ3n) is 5.39. The molecule has 2 saturated carbocycles. The van der Waals surface area contributed by atoms with E-state index in [0.29, 0.717) is 5.92 Å². The third-order valence-corrected chi connectivity index (χ3v) is 5.39. The minimum Gasteiger partial charge on any atom is -0.322 e. The van der Waals surface area contributed by atoms with Crippen molar-refractivity contribution in [3.63, 3.8) is 0 Å². The molecule has 2 aliphatic rings. The number of benzene rings is 1. The molecule has 126 valence electrons. The van der Waals surface area contributed by atoms with Crippen molar-refractivity contribution in [2.24, 2.45) is 5.92 Å². The number of carbonyl (C=O) groups excluding carboxylic acids is 1. The summed E-state index contributed by atoms with van der Waals surface area (Å²) in [6.45, 7) is 4.20. The molecule has 2 fully saturated rings. The Morgan fingerprint density at radius 2 is 1.92 bits per heavy atom. The molecule has 4 nitrogen and oxygen atoms in total. The Kier molecular flexibility index (Phi) is 3.91. The van der Waals surface area contributed by atoms with E-state index in [-0.39, 0.29) is 11.8 Å². The normalized spacial score (nSPS) is 18.1. The zero-order valence-corrected chi connectivity index (χ0v) is 14.5. The van der Waals surface area contributed by atoms with Crippen molar-refractivity contribution in [1.82, 2.24) is 10.2 Å². The predicted molar refractivity (Wildman–Crippen MR) is 96.1 cm³/mol. The Labute approximate surface area is 143 Å². The zero-order chi connectivity index (χ0) is 16.7. The summed E-state index contributed by atoms with van der Waals surface area (Å²) in [5.41, 5.74) is 6.45. The van der Waals surface area contributed by atoms with Crippen LogP contribution < -0.4 is 5.32 Å². The first-order valence-corrected chi connectivity index (χ1v) is 9.10. The molecule has 1 aromatic carbocycles. The number of rotatable bonds is 4. The zero-order valence-electron chi connectivity index (χ0n) is 14.5. The number of nitrogens with zero attached hydrogens (tertiary/aromatic N) is 1. The number of aryl methyl sites for hydroxylation is 2. The number of H-pyrrole nitrogens is 1. The number of aromatic amines is 1. The topological polar surface area (TPSA) is 57.8 Å². The van der Waals surface area contributed by atoms with Gasteiger partial charge < -0.3 is 5.32 Å². The van der Waals surface area contributed by atoms with Crippen LogP contribution in [0.15, 0.2) is 18.2 Å². The maximum atomic E-state index is 12.7. The van der Waals surface area contributed by atoms with Crippen molar-refractivity contribution < 1.29 is 4.79 Å². The highest BCUT2D eigenvalue weighted by Crippen LogP contribution is 2.45. The van der Waals surface area contributed by atoms with Crippen molar-refractivity contribution >= 4 is 11.6 Å². The molecule has 2 aromatic rings. The Morgan fingerprint density at radius 1 is 1.17 bits per heavy atom. The molecule has 0 bridgehead atoms. The van der Waals surface area contributed by atoms with Gasteiger partial charge in [0.1, 0.15) is 5.69 Å². The number of aromatic nitrogens is 2. The van der Waals surface area contributed by atoms with Crippen LogP contribution in [-0.4, -0.2) is 16.1 Å². The van der Waals surface area contributed by atoms with Gasteiger partial charge in [-0.2, -0.15) is 5.10 Å². The lowest BCUT2D eigenvalue weighted by molar-refractivity contribution is -0.119. The number of anilines is 1. The van der Waals surface area contributed by atoms with Gasteiger partial charge in [0.15, 0.2) is 0 Å². The van der Waals surface area contributed by atoms with Gasteiger partial charge in [-0.15, -0.1) is 0 Å². The number of nitrogens with one attached hydrogen (secondary N) is 2. The molecule has 0 aliphatic heterocycles. The molecule has 0 spiro atoms. The van der Waals surface area contributed by atoms with Crippen LogP contribution in [0.1, 0.15) is 61.3 Å². The van der Waals surface area contributed by atoms with Gasteiger partial charge in [-0.3, -0.25) is 9.89 Å². The molecule has 0 atom stereocenters. The molecular formula is C20H25N3O. The summed E-state index contributed by atoms with van der Waals surface area (Å²) < 4.78 is 0. The Bertz CT molecular complexity index is 767. The number of carbonyl (C=O) groups is 1. The van der Waals surface area contributed by atoms with Crippen LogP contribution in [0.4, 0.5) is 5.69 Å². The molecule has 0 unspecified atom stereocenters. The highest BCUT2D eigenvalue weighted by Gasteiger charge is 2.32. The van der Waals surface area contributed by atoms with E-state index in [4.69, 9.17) is 0 Å². The van der Waals surface area contributed by atoms with E-state index in [1.54, 1.807) is 0 Å². The van der Waals surface area contributed by atoms with Gasteiger partial charge in [0, 0.05) is 17.4 Å². The lowest BCUT2D eigenvalue weighted by atomic mass is 10.0. The van der Waals surface area contributed by atoms with Gasteiger partial charge in [0.2, 0.25) is 5.91 Å². The average molecular weight is 323 g/mol. The predicted octanol–water partition coefficient (Wildman–Crippen LogP) is 4.70. The molecule has 24 heavy (non-hydrogen) atoms. The molecule has 0 radical (unpaired) electrons. The molecular weight excluding hydrogens is 298 g/mol. The second kappa shape index (κ2) is 6.08. The second-order valence-electron chi connectivity index (χ2n) is 7.42. The smallest absolute Gasteiger partial charge is 0.227 e. The summed E-state index contributed by atoms with van der Waals surface area (Å²) in [5.74, 6) is 0.858. The van der Waals surface area contributed by atoms with Crippen molar-refractivity contribution in [1.29, 1.82) is 0 Å². The molecule has 1 heterocycles. The summed E-state index contributed by atoms with van der Waals surface area (Å²) in [6, 6.07) is 6.39. The summed E-state index contributed by atoms with van der Waals surface area (Å²) in [5, 5.41) is 11.0. The van der Waals surface area contributed by atoms with Crippen molar-refractivity contribution in [2.75, 3.05) is 5.32 Å². The van der Waals surface area contributed by atoms with Crippen LogP contribution in [0.2, 0.25) is 0 Å². The van der Waals surface area contributed by atoms with Gasteiger partial charge in [-0.05, 0) is 45.1 Å². The van der Waals surface area contributed by atoms with Crippen LogP contribution in [-0.2, 0) is 4.79 Å². The van der Waals surface area contributed by atoms with Crippen LogP contribution >= 0.6 is 0 Å². The minimum atomic E-state index is 0.166. The highest BCUT2D eigenvalue weighted by molar-refractivity contribution is 5.97. The molecule has 1 aromatic heterocycles. The fourth-order valence-corrected chi connectivity index (χ4v) is 3.84. The van der Waals surface area contributed by atoms with Crippen LogP contribution in [0.5, 0.6) is 0 Å². The highest BCUT2D eigenvalue weighted by atomic mass is 16.1. The molecule has 4 rings (SSSR count). The molecule has 0 saturated heterocycles. The van der Waals surface area contributed by atoms with E-state index in [1.807, 2.05) is 0 Å². The molecule has 2 aliphatic carbocycles. The quantitative estimate of drug-likeness (QED) is 0.857. The van der Waals surface area contributed by atoms with Crippen molar-refractivity contribution in [2.45, 2.75) is 58.3 Å². The van der Waals surface area contributed by atoms with E-state index in [0.717, 1.165) is 35.5 Å². The minimum absolute atomic E-state index is 0.166. The standard InChI is InChI=1S/C20H25N3O/c1-12-7-10-16(13(2)11-12)18-19(17(22-23-18)14-8-9-14)21-20(24)15-5-3-4-6-15/h7,10-11,14-15H,3-6,8-9H2,1-2H3,(H,21,24)(H,22,23). The van der Waals surface area contributed by atoms with E-state index in [2.05, 4.69) is 47.6 Å². The van der Waals surface area contributed by atoms with Crippen molar-refractivity contribution in [3.8, 4) is 11.3 Å². The van der Waals surface area contributed by atoms with E-state index < -0.39 is 0 Å². The van der Waals surface area contributed by atoms with Crippen LogP contribution in [0.3, 0.4) is 0 Å².